The molecule has 7 rings (SSSR count). The maximum atomic E-state index is 12.8. The van der Waals surface area contributed by atoms with Crippen molar-refractivity contribution in [2.24, 2.45) is 0 Å². The number of pyridine rings is 1. The molecule has 2 aromatic carbocycles. The number of amides is 3. The molecule has 2 aliphatic rings. The fourth-order valence-electron chi connectivity index (χ4n) is 5.43. The molecule has 0 bridgehead atoms. The number of hydroxylamine groups is 2. The van der Waals surface area contributed by atoms with Crippen LogP contribution in [0.3, 0.4) is 0 Å². The number of anilines is 1. The third kappa shape index (κ3) is 5.83. The van der Waals surface area contributed by atoms with Crippen LogP contribution < -0.4 is 10.2 Å². The summed E-state index contributed by atoms with van der Waals surface area (Å²) in [5.41, 5.74) is 4.25. The molecule has 2 aliphatic heterocycles. The zero-order valence-electron chi connectivity index (χ0n) is 24.3. The largest absolute Gasteiger partial charge is 0.493 e. The van der Waals surface area contributed by atoms with Crippen LogP contribution in [0.15, 0.2) is 73.1 Å². The first-order chi connectivity index (χ1) is 22.7. The van der Waals surface area contributed by atoms with Gasteiger partial charge in [0.1, 0.15) is 0 Å². The van der Waals surface area contributed by atoms with Gasteiger partial charge in [0.15, 0.2) is 17.5 Å². The topological polar surface area (TPSA) is 131 Å². The summed E-state index contributed by atoms with van der Waals surface area (Å²) in [5.74, 6) is -2.90. The Balaban J connectivity index is 1.23. The van der Waals surface area contributed by atoms with Crippen molar-refractivity contribution in [1.82, 2.24) is 29.7 Å². The second kappa shape index (κ2) is 11.8. The summed E-state index contributed by atoms with van der Waals surface area (Å²) < 4.78 is 45.8. The first kappa shape index (κ1) is 29.9. The number of urea groups is 1. The number of aromatic nitrogens is 4. The van der Waals surface area contributed by atoms with Crippen molar-refractivity contribution in [3.63, 3.8) is 0 Å². The lowest BCUT2D eigenvalue weighted by Crippen LogP contribution is -2.38. The van der Waals surface area contributed by atoms with Crippen LogP contribution in [0.4, 0.5) is 23.8 Å². The number of para-hydroxylation sites is 1. The van der Waals surface area contributed by atoms with E-state index in [1.807, 2.05) is 64.5 Å². The molecule has 2 saturated heterocycles. The van der Waals surface area contributed by atoms with E-state index in [1.165, 1.54) is 12.1 Å². The summed E-state index contributed by atoms with van der Waals surface area (Å²) in [5, 5.41) is 2.99. The van der Waals surface area contributed by atoms with E-state index < -0.39 is 30.1 Å². The number of alkyl halides is 3. The van der Waals surface area contributed by atoms with Crippen LogP contribution in [-0.2, 0) is 19.2 Å². The molecular formula is C32H24F3N7O5. The number of imide groups is 1. The average Bonchev–Trinajstić information content (AvgIpc) is 3.63. The Morgan fingerprint density at radius 3 is 2.47 bits per heavy atom. The molecule has 1 atom stereocenters. The van der Waals surface area contributed by atoms with Gasteiger partial charge in [-0.2, -0.15) is 13.2 Å². The zero-order chi connectivity index (χ0) is 32.7. The molecule has 0 radical (unpaired) electrons. The lowest BCUT2D eigenvalue weighted by Gasteiger charge is -2.28. The van der Waals surface area contributed by atoms with E-state index in [4.69, 9.17) is 19.7 Å². The number of imidazole rings is 1. The monoisotopic (exact) mass is 643 g/mol. The van der Waals surface area contributed by atoms with Crippen molar-refractivity contribution >= 4 is 52.4 Å². The van der Waals surface area contributed by atoms with Gasteiger partial charge in [0.2, 0.25) is 0 Å². The van der Waals surface area contributed by atoms with E-state index >= 15 is 0 Å². The predicted molar refractivity (Wildman–Crippen MR) is 162 cm³/mol. The third-order valence-electron chi connectivity index (χ3n) is 7.70. The van der Waals surface area contributed by atoms with Crippen LogP contribution >= 0.6 is 0 Å². The molecule has 15 heteroatoms. The van der Waals surface area contributed by atoms with Crippen LogP contribution in [0.25, 0.3) is 40.0 Å². The number of carbonyl (C=O) groups excluding carboxylic acids is 3. The van der Waals surface area contributed by atoms with E-state index in [2.05, 4.69) is 9.74 Å². The van der Waals surface area contributed by atoms with Gasteiger partial charge < -0.3 is 14.5 Å². The molecule has 1 unspecified atom stereocenters. The van der Waals surface area contributed by atoms with Crippen LogP contribution in [-0.4, -0.2) is 74.8 Å². The molecule has 12 nitrogen and oxygen atoms in total. The first-order valence-corrected chi connectivity index (χ1v) is 14.4. The van der Waals surface area contributed by atoms with Crippen LogP contribution in [0, 0.1) is 0 Å². The number of halogens is 3. The summed E-state index contributed by atoms with van der Waals surface area (Å²) in [4.78, 5) is 56.7. The number of hydrogen-bond donors (Lipinski definition) is 1. The van der Waals surface area contributed by atoms with Crippen molar-refractivity contribution in [3.8, 4) is 11.3 Å². The van der Waals surface area contributed by atoms with E-state index in [-0.39, 0.29) is 10.6 Å². The SMILES string of the molecule is O=C1NC(=O)N(OC(=O)C(F)(F)F)C1c1ccc(-c2cnc(N3CCOCC3)c3nc(/C=C/c4ccc5ccccc5n4)cn23)cc1. The van der Waals surface area contributed by atoms with Gasteiger partial charge in [0.25, 0.3) is 5.91 Å². The normalized spacial score (nSPS) is 17.2. The highest BCUT2D eigenvalue weighted by atomic mass is 19.4. The smallest absolute Gasteiger partial charge is 0.378 e. The lowest BCUT2D eigenvalue weighted by molar-refractivity contribution is -0.230. The molecular weight excluding hydrogens is 619 g/mol. The number of carbonyl (C=O) groups is 3. The molecule has 5 heterocycles. The molecule has 238 valence electrons. The van der Waals surface area contributed by atoms with E-state index in [0.29, 0.717) is 54.7 Å². The third-order valence-corrected chi connectivity index (χ3v) is 7.70. The predicted octanol–water partition coefficient (Wildman–Crippen LogP) is 4.56. The Morgan fingerprint density at radius 1 is 0.957 bits per heavy atom. The van der Waals surface area contributed by atoms with Gasteiger partial charge in [0.05, 0.1) is 42.0 Å². The van der Waals surface area contributed by atoms with Crippen molar-refractivity contribution in [3.05, 3.63) is 90.0 Å². The molecule has 0 spiro atoms. The van der Waals surface area contributed by atoms with E-state index in [9.17, 15) is 27.6 Å². The molecule has 0 saturated carbocycles. The van der Waals surface area contributed by atoms with E-state index in [0.717, 1.165) is 16.6 Å². The van der Waals surface area contributed by atoms with Crippen molar-refractivity contribution in [2.45, 2.75) is 12.2 Å². The Labute approximate surface area is 264 Å². The minimum absolute atomic E-state index is 0.0862. The van der Waals surface area contributed by atoms with E-state index in [1.54, 1.807) is 18.3 Å². The first-order valence-electron chi connectivity index (χ1n) is 14.4. The molecule has 5 aromatic rings. The quantitative estimate of drug-likeness (QED) is 0.265. The Hall–Kier alpha value is -5.83. The number of hydrogen-bond acceptors (Lipinski definition) is 9. The summed E-state index contributed by atoms with van der Waals surface area (Å²) in [6.45, 7) is 2.36. The van der Waals surface area contributed by atoms with Gasteiger partial charge >= 0.3 is 18.2 Å². The number of fused-ring (bicyclic) bond motifs is 2. The minimum atomic E-state index is -5.36. The van der Waals surface area contributed by atoms with Gasteiger partial charge in [0, 0.05) is 30.2 Å². The van der Waals surface area contributed by atoms with Gasteiger partial charge in [-0.1, -0.05) is 48.5 Å². The van der Waals surface area contributed by atoms with Crippen LogP contribution in [0.1, 0.15) is 23.0 Å². The number of ether oxygens (including phenoxy) is 1. The highest BCUT2D eigenvalue weighted by molar-refractivity contribution is 6.04. The summed E-state index contributed by atoms with van der Waals surface area (Å²) in [6, 6.07) is 15.0. The molecule has 3 aromatic heterocycles. The number of nitrogens with zero attached hydrogens (tertiary/aromatic N) is 6. The molecule has 1 N–H and O–H groups in total. The minimum Gasteiger partial charge on any atom is -0.378 e. The van der Waals surface area contributed by atoms with Crippen LogP contribution in [0.2, 0.25) is 0 Å². The highest BCUT2D eigenvalue weighted by Crippen LogP contribution is 2.32. The van der Waals surface area contributed by atoms with Crippen LogP contribution in [0.5, 0.6) is 0 Å². The summed E-state index contributed by atoms with van der Waals surface area (Å²) >= 11 is 0. The zero-order valence-corrected chi connectivity index (χ0v) is 24.3. The maximum absolute atomic E-state index is 12.8. The van der Waals surface area contributed by atoms with Gasteiger partial charge in [-0.25, -0.2) is 24.5 Å². The highest BCUT2D eigenvalue weighted by Gasteiger charge is 2.49. The number of rotatable bonds is 6. The second-order valence-corrected chi connectivity index (χ2v) is 10.7. The fourth-order valence-corrected chi connectivity index (χ4v) is 5.43. The summed E-state index contributed by atoms with van der Waals surface area (Å²) in [7, 11) is 0. The van der Waals surface area contributed by atoms with Gasteiger partial charge in [-0.05, 0) is 29.8 Å². The average molecular weight is 644 g/mol. The Bertz CT molecular complexity index is 2060. The van der Waals surface area contributed by atoms with Crippen molar-refractivity contribution in [2.75, 3.05) is 31.2 Å². The Morgan fingerprint density at radius 2 is 1.70 bits per heavy atom. The maximum Gasteiger partial charge on any atom is 0.493 e. The number of nitrogens with one attached hydrogen (secondary N) is 1. The standard InChI is InChI=1S/C32H24F3N7O5/c33-32(34,35)30(44)47-42-26(29(43)39-31(42)45)21-7-5-20(6-8-21)25-17-36-27(40-13-15-46-16-14-40)28-38-23(18-41(25)28)12-11-22-10-9-19-3-1-2-4-24(19)37-22/h1-12,17-18,26H,13-16H2,(H,39,43,45)/b12-11+. The lowest BCUT2D eigenvalue weighted by atomic mass is 10.0. The molecule has 47 heavy (non-hydrogen) atoms. The molecule has 0 aliphatic carbocycles. The number of benzene rings is 2. The Kier molecular flexibility index (Phi) is 7.52. The second-order valence-electron chi connectivity index (χ2n) is 10.7. The van der Waals surface area contributed by atoms with Crippen molar-refractivity contribution < 1.29 is 37.1 Å². The van der Waals surface area contributed by atoms with Crippen molar-refractivity contribution in [1.29, 1.82) is 0 Å². The fraction of sp³-hybridized carbons (Fsp3) is 0.188. The molecule has 2 fully saturated rings. The van der Waals surface area contributed by atoms with Gasteiger partial charge in [-0.3, -0.25) is 14.5 Å². The van der Waals surface area contributed by atoms with Gasteiger partial charge in [-0.15, -0.1) is 5.06 Å². The summed E-state index contributed by atoms with van der Waals surface area (Å²) in [6.07, 6.45) is 1.89. The number of morpholine rings is 1. The molecule has 3 amide bonds.